The third-order valence-electron chi connectivity index (χ3n) is 4.05. The van der Waals surface area contributed by atoms with Crippen molar-refractivity contribution in [3.05, 3.63) is 72.3 Å². The molecular weight excluding hydrogens is 419 g/mol. The molecule has 0 unspecified atom stereocenters. The lowest BCUT2D eigenvalue weighted by atomic mass is 10.0. The highest BCUT2D eigenvalue weighted by atomic mass is 32.2. The number of rotatable bonds is 7. The van der Waals surface area contributed by atoms with Gasteiger partial charge in [0.1, 0.15) is 11.5 Å². The second kappa shape index (κ2) is 8.74. The molecule has 0 radical (unpaired) electrons. The summed E-state index contributed by atoms with van der Waals surface area (Å²) in [4.78, 5) is 0. The lowest BCUT2D eigenvalue weighted by Crippen LogP contribution is -2.25. The third-order valence-corrected chi connectivity index (χ3v) is 5.26. The number of nitrogens with zero attached hydrogens (tertiary/aromatic N) is 1. The molecule has 9 heteroatoms. The second-order valence-corrected chi connectivity index (χ2v) is 8.03. The van der Waals surface area contributed by atoms with Crippen LogP contribution in [-0.2, 0) is 14.4 Å². The Hall–Kier alpha value is -3.07. The average Bonchev–Trinajstić information content (AvgIpc) is 3.13. The smallest absolute Gasteiger partial charge is 0.437 e. The zero-order valence-electron chi connectivity index (χ0n) is 15.9. The van der Waals surface area contributed by atoms with Gasteiger partial charge >= 0.3 is 16.3 Å². The molecule has 1 heterocycles. The van der Waals surface area contributed by atoms with Crippen molar-refractivity contribution >= 4 is 15.8 Å². The normalized spacial score (nSPS) is 12.7. The summed E-state index contributed by atoms with van der Waals surface area (Å²) in [6.07, 6.45) is -4.80. The van der Waals surface area contributed by atoms with Crippen LogP contribution in [0.25, 0.3) is 22.6 Å². The summed E-state index contributed by atoms with van der Waals surface area (Å²) < 4.78 is 75.1. The fourth-order valence-electron chi connectivity index (χ4n) is 2.75. The predicted molar refractivity (Wildman–Crippen MR) is 107 cm³/mol. The first-order valence-corrected chi connectivity index (χ1v) is 10.6. The van der Waals surface area contributed by atoms with Gasteiger partial charge in [0.15, 0.2) is 5.71 Å². The lowest BCUT2D eigenvalue weighted by Gasteiger charge is -2.10. The minimum Gasteiger partial charge on any atom is -0.455 e. The van der Waals surface area contributed by atoms with Gasteiger partial charge < -0.3 is 4.42 Å². The number of furan rings is 1. The zero-order chi connectivity index (χ0) is 21.8. The first-order valence-electron chi connectivity index (χ1n) is 9.03. The molecule has 0 fully saturated rings. The van der Waals surface area contributed by atoms with Gasteiger partial charge in [-0.2, -0.15) is 21.6 Å². The molecule has 2 aromatic carbocycles. The van der Waals surface area contributed by atoms with E-state index < -0.39 is 33.3 Å². The maximum absolute atomic E-state index is 13.8. The largest absolute Gasteiger partial charge is 0.455 e. The van der Waals surface area contributed by atoms with E-state index in [4.69, 9.17) is 4.42 Å². The van der Waals surface area contributed by atoms with Gasteiger partial charge in [-0.05, 0) is 12.5 Å². The van der Waals surface area contributed by atoms with Gasteiger partial charge in [0.05, 0.1) is 11.3 Å². The summed E-state index contributed by atoms with van der Waals surface area (Å²) in [6.45, 7) is 1.56. The Labute approximate surface area is 171 Å². The number of halogens is 3. The van der Waals surface area contributed by atoms with Gasteiger partial charge in [0.2, 0.25) is 0 Å². The van der Waals surface area contributed by atoms with Crippen LogP contribution in [0.2, 0.25) is 0 Å². The lowest BCUT2D eigenvalue weighted by molar-refractivity contribution is -0.0597. The van der Waals surface area contributed by atoms with Gasteiger partial charge in [-0.25, -0.2) is 0 Å². The molecule has 158 valence electrons. The van der Waals surface area contributed by atoms with Crippen molar-refractivity contribution in [1.82, 2.24) is 0 Å². The molecule has 0 bridgehead atoms. The average molecular weight is 437 g/mol. The first kappa shape index (κ1) is 21.6. The van der Waals surface area contributed by atoms with Gasteiger partial charge in [-0.3, -0.25) is 4.28 Å². The highest BCUT2D eigenvalue weighted by Crippen LogP contribution is 2.36. The number of benzene rings is 2. The fraction of sp³-hybridized carbons (Fsp3) is 0.190. The molecule has 0 N–H and O–H groups in total. The van der Waals surface area contributed by atoms with Gasteiger partial charge in [-0.1, -0.05) is 72.7 Å². The summed E-state index contributed by atoms with van der Waals surface area (Å²) >= 11 is 0. The molecule has 3 rings (SSSR count). The van der Waals surface area contributed by atoms with E-state index >= 15 is 0 Å². The summed E-state index contributed by atoms with van der Waals surface area (Å²) in [7, 11) is -4.24. The zero-order valence-corrected chi connectivity index (χ0v) is 16.7. The molecule has 0 aliphatic carbocycles. The minimum atomic E-state index is -4.98. The number of hydrogen-bond donors (Lipinski definition) is 0. The van der Waals surface area contributed by atoms with E-state index in [1.807, 2.05) is 0 Å². The molecule has 0 aliphatic heterocycles. The standard InChI is InChI=1S/C21H18F3NO4S/c1-2-13-30(26,27)29-25-20(21(22,23)24)17-14-18(15-9-5-3-6-10-15)28-19(17)16-11-7-4-8-12-16/h3-12,14H,2,13H2,1H3/b25-20+. The van der Waals surface area contributed by atoms with Crippen LogP contribution in [0.1, 0.15) is 18.9 Å². The summed E-state index contributed by atoms with van der Waals surface area (Å²) in [6, 6.07) is 17.9. The van der Waals surface area contributed by atoms with E-state index in [1.165, 1.54) is 6.07 Å². The quantitative estimate of drug-likeness (QED) is 0.355. The van der Waals surface area contributed by atoms with Gasteiger partial charge in [0.25, 0.3) is 0 Å². The van der Waals surface area contributed by atoms with Crippen molar-refractivity contribution in [2.24, 2.45) is 5.16 Å². The van der Waals surface area contributed by atoms with E-state index in [0.29, 0.717) is 11.1 Å². The van der Waals surface area contributed by atoms with Crippen LogP contribution in [-0.4, -0.2) is 26.1 Å². The first-order chi connectivity index (χ1) is 14.2. The maximum Gasteiger partial charge on any atom is 0.437 e. The SMILES string of the molecule is CCCS(=O)(=O)O/N=C(\c1cc(-c2ccccc2)oc1-c1ccccc1)C(F)(F)F. The number of alkyl halides is 3. The molecule has 0 amide bonds. The van der Waals surface area contributed by atoms with E-state index in [9.17, 15) is 21.6 Å². The highest BCUT2D eigenvalue weighted by molar-refractivity contribution is 7.86. The van der Waals surface area contributed by atoms with Gasteiger partial charge in [-0.15, -0.1) is 0 Å². The monoisotopic (exact) mass is 437 g/mol. The van der Waals surface area contributed by atoms with E-state index in [0.717, 1.165) is 0 Å². The molecule has 0 saturated heterocycles. The second-order valence-electron chi connectivity index (χ2n) is 6.36. The highest BCUT2D eigenvalue weighted by Gasteiger charge is 2.41. The number of oxime groups is 1. The van der Waals surface area contributed by atoms with Crippen LogP contribution < -0.4 is 0 Å². The Balaban J connectivity index is 2.18. The van der Waals surface area contributed by atoms with Crippen molar-refractivity contribution in [2.45, 2.75) is 19.5 Å². The molecule has 1 aromatic heterocycles. The van der Waals surface area contributed by atoms with Crippen LogP contribution >= 0.6 is 0 Å². The minimum absolute atomic E-state index is 0.0954. The predicted octanol–water partition coefficient (Wildman–Crippen LogP) is 5.64. The van der Waals surface area contributed by atoms with Crippen LogP contribution in [0, 0.1) is 0 Å². The topological polar surface area (TPSA) is 68.9 Å². The van der Waals surface area contributed by atoms with Crippen LogP contribution in [0.3, 0.4) is 0 Å². The van der Waals surface area contributed by atoms with Crippen molar-refractivity contribution in [1.29, 1.82) is 0 Å². The molecule has 3 aromatic rings. The van der Waals surface area contributed by atoms with Crippen LogP contribution in [0.4, 0.5) is 13.2 Å². The Kier molecular flexibility index (Phi) is 6.31. The molecule has 0 atom stereocenters. The Bertz CT molecular complexity index is 1120. The Morgan fingerprint density at radius 3 is 2.10 bits per heavy atom. The maximum atomic E-state index is 13.8. The van der Waals surface area contributed by atoms with Crippen molar-refractivity contribution in [3.8, 4) is 22.6 Å². The summed E-state index contributed by atoms with van der Waals surface area (Å²) in [5.74, 6) is -0.367. The molecule has 0 spiro atoms. The van der Waals surface area contributed by atoms with Gasteiger partial charge in [0, 0.05) is 11.1 Å². The number of hydrogen-bond acceptors (Lipinski definition) is 5. The summed E-state index contributed by atoms with van der Waals surface area (Å²) in [5.41, 5.74) is -0.976. The summed E-state index contributed by atoms with van der Waals surface area (Å²) in [5, 5.41) is 2.99. The van der Waals surface area contributed by atoms with Crippen molar-refractivity contribution in [2.75, 3.05) is 5.75 Å². The third kappa shape index (κ3) is 5.10. The van der Waals surface area contributed by atoms with Crippen LogP contribution in [0.5, 0.6) is 0 Å². The molecule has 5 nitrogen and oxygen atoms in total. The molecule has 30 heavy (non-hydrogen) atoms. The molecule has 0 saturated carbocycles. The van der Waals surface area contributed by atoms with Crippen molar-refractivity contribution in [3.63, 3.8) is 0 Å². The van der Waals surface area contributed by atoms with E-state index in [-0.39, 0.29) is 17.9 Å². The Morgan fingerprint density at radius 1 is 1.00 bits per heavy atom. The van der Waals surface area contributed by atoms with Crippen LogP contribution in [0.15, 0.2) is 76.3 Å². The Morgan fingerprint density at radius 2 is 1.57 bits per heavy atom. The molecule has 0 aliphatic rings. The van der Waals surface area contributed by atoms with E-state index in [1.54, 1.807) is 67.6 Å². The molecular formula is C21H18F3NO4S. The van der Waals surface area contributed by atoms with Crippen molar-refractivity contribution < 1.29 is 30.3 Å². The fourth-order valence-corrected chi connectivity index (χ4v) is 3.51. The van der Waals surface area contributed by atoms with E-state index in [2.05, 4.69) is 9.44 Å².